The molecule has 2 heterocycles. The number of hydrogen-bond donors (Lipinski definition) is 2. The predicted octanol–water partition coefficient (Wildman–Crippen LogP) is 6.00. The molecule has 0 spiro atoms. The Labute approximate surface area is 232 Å². The zero-order valence-corrected chi connectivity index (χ0v) is 23.5. The summed E-state index contributed by atoms with van der Waals surface area (Å²) in [5.74, 6) is 0. The van der Waals surface area contributed by atoms with Crippen LogP contribution in [0.2, 0.25) is 0 Å². The van der Waals surface area contributed by atoms with Gasteiger partial charge in [-0.2, -0.15) is 0 Å². The quantitative estimate of drug-likeness (QED) is 0.262. The van der Waals surface area contributed by atoms with Crippen molar-refractivity contribution in [3.8, 4) is 11.4 Å². The molecule has 0 unspecified atom stereocenters. The highest BCUT2D eigenvalue weighted by molar-refractivity contribution is 5.87. The summed E-state index contributed by atoms with van der Waals surface area (Å²) < 4.78 is 3.06. The molecule has 0 radical (unpaired) electrons. The minimum Gasteiger partial charge on any atom is -0.295 e. The van der Waals surface area contributed by atoms with Crippen molar-refractivity contribution in [1.82, 2.24) is 19.6 Å². The molecular weight excluding hydrogens is 500 g/mol. The molecule has 0 saturated carbocycles. The van der Waals surface area contributed by atoms with E-state index >= 15 is 0 Å². The van der Waals surface area contributed by atoms with Gasteiger partial charge in [0.2, 0.25) is 0 Å². The van der Waals surface area contributed by atoms with Gasteiger partial charge in [0.05, 0.1) is 33.9 Å². The van der Waals surface area contributed by atoms with Gasteiger partial charge in [-0.15, -0.1) is 0 Å². The van der Waals surface area contributed by atoms with E-state index in [0.29, 0.717) is 33.9 Å². The molecule has 8 nitrogen and oxygen atoms in total. The Morgan fingerprint density at radius 2 is 0.975 bits per heavy atom. The Kier molecular flexibility index (Phi) is 7.09. The Bertz CT molecular complexity index is 1770. The van der Waals surface area contributed by atoms with Crippen molar-refractivity contribution < 1.29 is 0 Å². The predicted molar refractivity (Wildman–Crippen MR) is 162 cm³/mol. The number of aliphatic imine (C=N–C) groups is 2. The van der Waals surface area contributed by atoms with Crippen LogP contribution in [0, 0.1) is 41.5 Å². The number of para-hydroxylation sites is 2. The average molecular weight is 533 g/mol. The summed E-state index contributed by atoms with van der Waals surface area (Å²) in [6, 6.07) is 19.2. The van der Waals surface area contributed by atoms with Gasteiger partial charge < -0.3 is 0 Å². The van der Waals surface area contributed by atoms with Crippen LogP contribution in [0.4, 0.5) is 11.4 Å². The first-order valence-corrected chi connectivity index (χ1v) is 13.1. The molecule has 40 heavy (non-hydrogen) atoms. The largest absolute Gasteiger partial charge is 0.295 e. The van der Waals surface area contributed by atoms with Crippen molar-refractivity contribution in [2.75, 3.05) is 0 Å². The third-order valence-corrected chi connectivity index (χ3v) is 7.28. The van der Waals surface area contributed by atoms with E-state index in [0.717, 1.165) is 33.6 Å². The van der Waals surface area contributed by atoms with Gasteiger partial charge in [0.15, 0.2) is 0 Å². The van der Waals surface area contributed by atoms with E-state index in [4.69, 9.17) is 0 Å². The first-order valence-electron chi connectivity index (χ1n) is 13.1. The number of H-pyrrole nitrogens is 2. The molecule has 3 aromatic carbocycles. The Morgan fingerprint density at radius 1 is 0.575 bits per heavy atom. The fraction of sp³-hybridized carbons (Fsp3) is 0.188. The fourth-order valence-electron chi connectivity index (χ4n) is 4.47. The van der Waals surface area contributed by atoms with Crippen LogP contribution in [0.15, 0.2) is 80.2 Å². The van der Waals surface area contributed by atoms with E-state index in [-0.39, 0.29) is 11.1 Å². The monoisotopic (exact) mass is 532 g/mol. The van der Waals surface area contributed by atoms with E-state index in [1.807, 2.05) is 102 Å². The molecule has 2 aromatic heterocycles. The molecule has 0 aliphatic heterocycles. The zero-order chi connectivity index (χ0) is 28.6. The van der Waals surface area contributed by atoms with Gasteiger partial charge in [-0.3, -0.25) is 29.8 Å². The van der Waals surface area contributed by atoms with Crippen LogP contribution in [0.5, 0.6) is 0 Å². The summed E-state index contributed by atoms with van der Waals surface area (Å²) in [4.78, 5) is 35.6. The van der Waals surface area contributed by atoms with Crippen LogP contribution in [-0.2, 0) is 0 Å². The Morgan fingerprint density at radius 3 is 1.35 bits per heavy atom. The maximum atomic E-state index is 13.2. The smallest absolute Gasteiger partial charge is 0.280 e. The van der Waals surface area contributed by atoms with E-state index in [1.54, 1.807) is 12.4 Å². The lowest BCUT2D eigenvalue weighted by Crippen LogP contribution is -2.17. The third kappa shape index (κ3) is 5.03. The number of nitrogens with zero attached hydrogens (tertiary/aromatic N) is 4. The highest BCUT2D eigenvalue weighted by Gasteiger charge is 2.13. The van der Waals surface area contributed by atoms with Gasteiger partial charge in [-0.25, -0.2) is 9.36 Å². The molecule has 2 N–H and O–H groups in total. The van der Waals surface area contributed by atoms with Crippen molar-refractivity contribution in [2.24, 2.45) is 9.98 Å². The molecule has 0 atom stereocenters. The van der Waals surface area contributed by atoms with Crippen LogP contribution in [0.1, 0.15) is 44.8 Å². The minimum absolute atomic E-state index is 0.180. The second kappa shape index (κ2) is 10.6. The first-order chi connectivity index (χ1) is 19.1. The van der Waals surface area contributed by atoms with Gasteiger partial charge in [0, 0.05) is 23.8 Å². The van der Waals surface area contributed by atoms with E-state index in [1.165, 1.54) is 9.36 Å². The number of hydrogen-bond acceptors (Lipinski definition) is 4. The highest BCUT2D eigenvalue weighted by Crippen LogP contribution is 2.27. The van der Waals surface area contributed by atoms with Gasteiger partial charge >= 0.3 is 0 Å². The van der Waals surface area contributed by atoms with Crippen molar-refractivity contribution in [3.63, 3.8) is 0 Å². The SMILES string of the molecule is Cc1ccc(-n2[nH]c(C)c(C=Nc3ccccc3N=Cc3c(C)[nH]n(-c4ccc(C)c(C)c4)c3=O)c2=O)cc1C. The van der Waals surface area contributed by atoms with E-state index < -0.39 is 0 Å². The molecule has 0 saturated heterocycles. The van der Waals surface area contributed by atoms with Gasteiger partial charge in [-0.1, -0.05) is 24.3 Å². The molecule has 0 bridgehead atoms. The minimum atomic E-state index is -0.180. The van der Waals surface area contributed by atoms with Crippen LogP contribution in [0.25, 0.3) is 11.4 Å². The maximum Gasteiger partial charge on any atom is 0.280 e. The molecule has 5 rings (SSSR count). The standard InChI is InChI=1S/C32H32N6O2/c1-19-11-13-25(15-21(19)3)37-31(39)27(23(5)35-37)17-33-29-9-7-8-10-30(29)34-18-28-24(6)36-38(32(28)40)26-14-12-20(2)22(4)16-26/h7-18,35-36H,1-6H3. The molecule has 0 aliphatic rings. The number of rotatable bonds is 6. The van der Waals surface area contributed by atoms with Gasteiger partial charge in [0.25, 0.3) is 11.1 Å². The summed E-state index contributed by atoms with van der Waals surface area (Å²) >= 11 is 0. The number of benzene rings is 3. The average Bonchev–Trinajstić information content (AvgIpc) is 3.38. The van der Waals surface area contributed by atoms with Crippen molar-refractivity contribution >= 4 is 23.8 Å². The fourth-order valence-corrected chi connectivity index (χ4v) is 4.47. The summed E-state index contributed by atoms with van der Waals surface area (Å²) in [6.07, 6.45) is 3.13. The lowest BCUT2D eigenvalue weighted by Gasteiger charge is -2.05. The second-order valence-electron chi connectivity index (χ2n) is 10.1. The number of nitrogens with one attached hydrogen (secondary N) is 2. The molecule has 0 aliphatic carbocycles. The lowest BCUT2D eigenvalue weighted by molar-refractivity contribution is 0.833. The van der Waals surface area contributed by atoms with Gasteiger partial charge in [-0.05, 0) is 100 Å². The van der Waals surface area contributed by atoms with Crippen LogP contribution >= 0.6 is 0 Å². The lowest BCUT2D eigenvalue weighted by atomic mass is 10.1. The Hall–Kier alpha value is -4.98. The highest BCUT2D eigenvalue weighted by atomic mass is 16.1. The molecule has 0 amide bonds. The number of aromatic amines is 2. The molecular formula is C32H32N6O2. The summed E-state index contributed by atoms with van der Waals surface area (Å²) in [5, 5.41) is 6.30. The van der Waals surface area contributed by atoms with Crippen molar-refractivity contribution in [2.45, 2.75) is 41.5 Å². The van der Waals surface area contributed by atoms with Crippen LogP contribution < -0.4 is 11.1 Å². The van der Waals surface area contributed by atoms with E-state index in [2.05, 4.69) is 20.2 Å². The summed E-state index contributed by atoms with van der Waals surface area (Å²) in [7, 11) is 0. The first kappa shape index (κ1) is 26.6. The molecule has 0 fully saturated rings. The summed E-state index contributed by atoms with van der Waals surface area (Å²) in [5.41, 5.74) is 9.25. The maximum absolute atomic E-state index is 13.2. The van der Waals surface area contributed by atoms with E-state index in [9.17, 15) is 9.59 Å². The zero-order valence-electron chi connectivity index (χ0n) is 23.5. The van der Waals surface area contributed by atoms with Crippen LogP contribution in [-0.4, -0.2) is 32.0 Å². The number of aryl methyl sites for hydroxylation is 6. The van der Waals surface area contributed by atoms with Gasteiger partial charge in [0.1, 0.15) is 0 Å². The molecule has 202 valence electrons. The normalized spacial score (nSPS) is 11.8. The third-order valence-electron chi connectivity index (χ3n) is 7.28. The second-order valence-corrected chi connectivity index (χ2v) is 10.1. The molecule has 5 aromatic rings. The summed E-state index contributed by atoms with van der Waals surface area (Å²) in [6.45, 7) is 11.8. The van der Waals surface area contributed by atoms with Crippen LogP contribution in [0.3, 0.4) is 0 Å². The van der Waals surface area contributed by atoms with Crippen molar-refractivity contribution in [3.05, 3.63) is 126 Å². The number of aromatic nitrogens is 4. The Balaban J connectivity index is 1.45. The topological polar surface area (TPSA) is 100 Å². The van der Waals surface area contributed by atoms with Crippen molar-refractivity contribution in [1.29, 1.82) is 0 Å². The molecule has 8 heteroatoms.